The van der Waals surface area contributed by atoms with Crippen LogP contribution in [0.25, 0.3) is 0 Å². The molecule has 2 unspecified atom stereocenters. The molecule has 1 fully saturated rings. The highest BCUT2D eigenvalue weighted by Crippen LogP contribution is 2.42. The SMILES string of the molecule is COc1ccc(C(OCC2CC(O)CN2C(=O)CCCCCN(C)C)(c2ccccc2)c2ccc(OC)cc2)cc1. The Morgan fingerprint density at radius 3 is 1.95 bits per heavy atom. The molecule has 7 nitrogen and oxygen atoms in total. The Hall–Kier alpha value is -3.39. The van der Waals surface area contributed by atoms with Crippen molar-refractivity contribution >= 4 is 5.91 Å². The number of ether oxygens (including phenoxy) is 3. The molecule has 0 bridgehead atoms. The fourth-order valence-electron chi connectivity index (χ4n) is 5.68. The van der Waals surface area contributed by atoms with Crippen molar-refractivity contribution in [1.29, 1.82) is 0 Å². The smallest absolute Gasteiger partial charge is 0.222 e. The Kier molecular flexibility index (Phi) is 10.8. The number of benzene rings is 3. The number of β-amino-alcohol motifs (C(OH)–C–C–N with tert-alkyl or cyclic N) is 1. The van der Waals surface area contributed by atoms with Gasteiger partial charge < -0.3 is 29.1 Å². The monoisotopic (exact) mass is 560 g/mol. The molecule has 0 saturated carbocycles. The maximum Gasteiger partial charge on any atom is 0.222 e. The summed E-state index contributed by atoms with van der Waals surface area (Å²) < 4.78 is 17.9. The van der Waals surface area contributed by atoms with E-state index in [1.807, 2.05) is 71.6 Å². The van der Waals surface area contributed by atoms with Crippen molar-refractivity contribution in [2.45, 2.75) is 49.9 Å². The third-order valence-electron chi connectivity index (χ3n) is 7.87. The molecular weight excluding hydrogens is 516 g/mol. The lowest BCUT2D eigenvalue weighted by atomic mass is 9.80. The average Bonchev–Trinajstić information content (AvgIpc) is 3.38. The second kappa shape index (κ2) is 14.5. The fourth-order valence-corrected chi connectivity index (χ4v) is 5.68. The summed E-state index contributed by atoms with van der Waals surface area (Å²) in [5, 5.41) is 10.6. The Balaban J connectivity index is 1.64. The first-order valence-electron chi connectivity index (χ1n) is 14.5. The van der Waals surface area contributed by atoms with Gasteiger partial charge in [-0.3, -0.25) is 4.79 Å². The number of carbonyl (C=O) groups excluding carboxylic acids is 1. The predicted octanol–water partition coefficient (Wildman–Crippen LogP) is 5.10. The van der Waals surface area contributed by atoms with Crippen molar-refractivity contribution < 1.29 is 24.1 Å². The minimum Gasteiger partial charge on any atom is -0.497 e. The summed E-state index contributed by atoms with van der Waals surface area (Å²) in [5.74, 6) is 1.60. The third-order valence-corrected chi connectivity index (χ3v) is 7.87. The minimum atomic E-state index is -0.964. The molecule has 41 heavy (non-hydrogen) atoms. The van der Waals surface area contributed by atoms with E-state index in [-0.39, 0.29) is 18.6 Å². The van der Waals surface area contributed by atoms with Gasteiger partial charge in [-0.1, -0.05) is 61.0 Å². The summed E-state index contributed by atoms with van der Waals surface area (Å²) in [5.41, 5.74) is 1.88. The number of aliphatic hydroxyl groups is 1. The van der Waals surface area contributed by atoms with E-state index in [9.17, 15) is 9.90 Å². The van der Waals surface area contributed by atoms with Crippen LogP contribution in [0, 0.1) is 0 Å². The van der Waals surface area contributed by atoms with Crippen LogP contribution in [0.3, 0.4) is 0 Å². The molecule has 3 aromatic carbocycles. The van der Waals surface area contributed by atoms with Crippen LogP contribution in [-0.2, 0) is 15.1 Å². The Labute approximate surface area is 244 Å². The zero-order valence-electron chi connectivity index (χ0n) is 24.8. The molecule has 1 amide bonds. The number of amides is 1. The van der Waals surface area contributed by atoms with Gasteiger partial charge in [0.25, 0.3) is 0 Å². The van der Waals surface area contributed by atoms with E-state index in [1.165, 1.54) is 0 Å². The van der Waals surface area contributed by atoms with Crippen molar-refractivity contribution in [3.8, 4) is 11.5 Å². The van der Waals surface area contributed by atoms with E-state index in [0.717, 1.165) is 54.0 Å². The Morgan fingerprint density at radius 2 is 1.41 bits per heavy atom. The number of likely N-dealkylation sites (tertiary alicyclic amines) is 1. The van der Waals surface area contributed by atoms with Crippen LogP contribution in [0.15, 0.2) is 78.9 Å². The van der Waals surface area contributed by atoms with Crippen LogP contribution in [-0.4, -0.2) is 81.0 Å². The molecule has 0 aromatic heterocycles. The maximum absolute atomic E-state index is 13.3. The summed E-state index contributed by atoms with van der Waals surface area (Å²) in [6.07, 6.45) is 3.33. The number of unbranched alkanes of at least 4 members (excludes halogenated alkanes) is 2. The van der Waals surface area contributed by atoms with E-state index >= 15 is 0 Å². The highest BCUT2D eigenvalue weighted by molar-refractivity contribution is 5.77. The van der Waals surface area contributed by atoms with Crippen molar-refractivity contribution in [2.75, 3.05) is 48.0 Å². The molecule has 4 rings (SSSR count). The van der Waals surface area contributed by atoms with E-state index in [0.29, 0.717) is 19.4 Å². The third kappa shape index (κ3) is 7.47. The van der Waals surface area contributed by atoms with Crippen LogP contribution >= 0.6 is 0 Å². The van der Waals surface area contributed by atoms with Gasteiger partial charge in [-0.2, -0.15) is 0 Å². The van der Waals surface area contributed by atoms with Crippen LogP contribution in [0.1, 0.15) is 48.8 Å². The van der Waals surface area contributed by atoms with E-state index in [4.69, 9.17) is 14.2 Å². The first kappa shape index (κ1) is 30.6. The van der Waals surface area contributed by atoms with Crippen LogP contribution < -0.4 is 9.47 Å². The topological polar surface area (TPSA) is 71.5 Å². The highest BCUT2D eigenvalue weighted by Gasteiger charge is 2.41. The van der Waals surface area contributed by atoms with Gasteiger partial charge in [-0.25, -0.2) is 0 Å². The van der Waals surface area contributed by atoms with Gasteiger partial charge in [0, 0.05) is 13.0 Å². The number of hydrogen-bond donors (Lipinski definition) is 1. The lowest BCUT2D eigenvalue weighted by Crippen LogP contribution is -2.42. The maximum atomic E-state index is 13.3. The highest BCUT2D eigenvalue weighted by atomic mass is 16.5. The molecule has 2 atom stereocenters. The fraction of sp³-hybridized carbons (Fsp3) is 0.441. The number of hydrogen-bond acceptors (Lipinski definition) is 6. The summed E-state index contributed by atoms with van der Waals surface area (Å²) in [6.45, 7) is 1.63. The van der Waals surface area contributed by atoms with E-state index < -0.39 is 11.7 Å². The first-order chi connectivity index (χ1) is 19.9. The van der Waals surface area contributed by atoms with E-state index in [2.05, 4.69) is 31.1 Å². The molecule has 220 valence electrons. The second-order valence-electron chi connectivity index (χ2n) is 11.0. The Bertz CT molecular complexity index is 1170. The summed E-state index contributed by atoms with van der Waals surface area (Å²) in [7, 11) is 7.43. The normalized spacial score (nSPS) is 17.2. The summed E-state index contributed by atoms with van der Waals surface area (Å²) in [4.78, 5) is 17.3. The molecular formula is C34H44N2O5. The zero-order valence-corrected chi connectivity index (χ0v) is 24.8. The Morgan fingerprint density at radius 1 is 0.854 bits per heavy atom. The van der Waals surface area contributed by atoms with Crippen molar-refractivity contribution in [1.82, 2.24) is 9.80 Å². The standard InChI is InChI=1S/C34H44N2O5/c1-35(2)22-10-6-9-13-33(38)36-24-30(37)23-29(36)25-41-34(26-11-7-5-8-12-26,27-14-18-31(39-3)19-15-27)28-16-20-32(40-4)21-17-28/h5,7-8,11-12,14-21,29-30,37H,6,9-10,13,22-25H2,1-4H3. The van der Waals surface area contributed by atoms with Crippen molar-refractivity contribution in [3.05, 3.63) is 95.6 Å². The summed E-state index contributed by atoms with van der Waals surface area (Å²) >= 11 is 0. The lowest BCUT2D eigenvalue weighted by molar-refractivity contribution is -0.134. The molecule has 1 aliphatic rings. The number of methoxy groups -OCH3 is 2. The van der Waals surface area contributed by atoms with Crippen LogP contribution in [0.5, 0.6) is 11.5 Å². The number of aliphatic hydroxyl groups excluding tert-OH is 1. The molecule has 3 aromatic rings. The summed E-state index contributed by atoms with van der Waals surface area (Å²) in [6, 6.07) is 25.7. The molecule has 1 aliphatic heterocycles. The number of rotatable bonds is 14. The van der Waals surface area contributed by atoms with E-state index in [1.54, 1.807) is 14.2 Å². The quantitative estimate of drug-likeness (QED) is 0.219. The van der Waals surface area contributed by atoms with Gasteiger partial charge in [-0.05, 0) is 80.9 Å². The van der Waals surface area contributed by atoms with Gasteiger partial charge in [0.05, 0.1) is 33.0 Å². The molecule has 0 spiro atoms. The second-order valence-corrected chi connectivity index (χ2v) is 11.0. The predicted molar refractivity (Wildman–Crippen MR) is 161 cm³/mol. The van der Waals surface area contributed by atoms with Gasteiger partial charge in [0.1, 0.15) is 17.1 Å². The molecule has 1 heterocycles. The van der Waals surface area contributed by atoms with Crippen LogP contribution in [0.2, 0.25) is 0 Å². The van der Waals surface area contributed by atoms with Crippen molar-refractivity contribution in [2.24, 2.45) is 0 Å². The molecule has 0 radical (unpaired) electrons. The lowest BCUT2D eigenvalue weighted by Gasteiger charge is -2.38. The van der Waals surface area contributed by atoms with Crippen LogP contribution in [0.4, 0.5) is 0 Å². The van der Waals surface area contributed by atoms with Crippen molar-refractivity contribution in [3.63, 3.8) is 0 Å². The number of carbonyl (C=O) groups is 1. The van der Waals surface area contributed by atoms with Gasteiger partial charge in [-0.15, -0.1) is 0 Å². The largest absolute Gasteiger partial charge is 0.497 e. The molecule has 1 saturated heterocycles. The zero-order chi connectivity index (χ0) is 29.2. The first-order valence-corrected chi connectivity index (χ1v) is 14.5. The van der Waals surface area contributed by atoms with Gasteiger partial charge in [0.15, 0.2) is 0 Å². The minimum absolute atomic E-state index is 0.0826. The molecule has 7 heteroatoms. The molecule has 1 N–H and O–H groups in total. The molecule has 0 aliphatic carbocycles. The van der Waals surface area contributed by atoms with Gasteiger partial charge in [0.2, 0.25) is 5.91 Å². The average molecular weight is 561 g/mol. The van der Waals surface area contributed by atoms with Gasteiger partial charge >= 0.3 is 0 Å². The number of nitrogens with zero attached hydrogens (tertiary/aromatic N) is 2.